The van der Waals surface area contributed by atoms with Crippen molar-refractivity contribution in [3.8, 4) is 17.6 Å². The number of rotatable bonds is 7. The minimum absolute atomic E-state index is 0.570. The van der Waals surface area contributed by atoms with E-state index in [4.69, 9.17) is 16.0 Å². The van der Waals surface area contributed by atoms with Gasteiger partial charge in [-0.3, -0.25) is 0 Å². The number of nitriles is 1. The van der Waals surface area contributed by atoms with Gasteiger partial charge in [0.25, 0.3) is 0 Å². The Morgan fingerprint density at radius 2 is 1.47 bits per heavy atom. The highest BCUT2D eigenvalue weighted by atomic mass is 16.5. The zero-order valence-electron chi connectivity index (χ0n) is 18.1. The van der Waals surface area contributed by atoms with Gasteiger partial charge >= 0.3 is 0 Å². The minimum atomic E-state index is 0.570. The molecule has 0 fully saturated rings. The molecule has 0 saturated carbocycles. The van der Waals surface area contributed by atoms with Crippen LogP contribution in [-0.2, 0) is 0 Å². The van der Waals surface area contributed by atoms with E-state index in [2.05, 4.69) is 10.9 Å². The lowest BCUT2D eigenvalue weighted by atomic mass is 10.3. The number of hydrogen-bond acceptors (Lipinski definition) is 7. The van der Waals surface area contributed by atoms with Gasteiger partial charge in [-0.2, -0.15) is 5.26 Å². The predicted molar refractivity (Wildman–Crippen MR) is 122 cm³/mol. The van der Waals surface area contributed by atoms with E-state index in [9.17, 15) is 5.26 Å². The van der Waals surface area contributed by atoms with Gasteiger partial charge in [-0.05, 0) is 24.3 Å². The summed E-state index contributed by atoms with van der Waals surface area (Å²) in [5, 5.41) is 9.63. The molecule has 0 saturated heterocycles. The minimum Gasteiger partial charge on any atom is -0.497 e. The second-order valence-corrected chi connectivity index (χ2v) is 7.38. The summed E-state index contributed by atoms with van der Waals surface area (Å²) in [6, 6.07) is 17.8. The Morgan fingerprint density at radius 1 is 0.906 bits per heavy atom. The number of allylic oxidation sites excluding steroid dienone is 1. The van der Waals surface area contributed by atoms with Crippen LogP contribution in [0.15, 0.2) is 72.4 Å². The Balaban J connectivity index is 1.42. The van der Waals surface area contributed by atoms with Gasteiger partial charge in [-0.25, -0.2) is 0 Å². The van der Waals surface area contributed by atoms with Crippen molar-refractivity contribution in [1.29, 1.82) is 5.26 Å². The summed E-state index contributed by atoms with van der Waals surface area (Å²) >= 11 is 0. The maximum atomic E-state index is 9.63. The van der Waals surface area contributed by atoms with Crippen molar-refractivity contribution in [2.45, 2.75) is 0 Å². The molecule has 0 unspecified atom stereocenters. The second-order valence-electron chi connectivity index (χ2n) is 7.38. The molecule has 162 valence electrons. The molecular weight excluding hydrogens is 404 g/mol. The third-order valence-corrected chi connectivity index (χ3v) is 5.50. The van der Waals surface area contributed by atoms with Crippen molar-refractivity contribution in [3.05, 3.63) is 83.9 Å². The molecule has 2 aromatic carbocycles. The number of ether oxygens (including phenoxy) is 2. The maximum absolute atomic E-state index is 9.63. The van der Waals surface area contributed by atoms with Gasteiger partial charge in [0, 0.05) is 35.9 Å². The molecule has 0 aromatic heterocycles. The topological polar surface area (TPSA) is 59.6 Å². The first kappa shape index (κ1) is 21.0. The van der Waals surface area contributed by atoms with E-state index in [1.807, 2.05) is 80.5 Å². The maximum Gasteiger partial charge on any atom is 0.243 e. The number of hydrogen-bond donors (Lipinski definition) is 0. The van der Waals surface area contributed by atoms with Crippen LogP contribution in [0.1, 0.15) is 0 Å². The van der Waals surface area contributed by atoms with Gasteiger partial charge in [0.1, 0.15) is 29.9 Å². The molecule has 2 aliphatic rings. The van der Waals surface area contributed by atoms with Crippen molar-refractivity contribution in [2.24, 2.45) is 0 Å². The molecule has 0 bridgehead atoms. The number of methoxy groups -OCH3 is 2. The average molecular weight is 428 g/mol. The van der Waals surface area contributed by atoms with Crippen LogP contribution < -0.4 is 19.3 Å². The molecule has 0 aliphatic carbocycles. The third-order valence-electron chi connectivity index (χ3n) is 5.50. The van der Waals surface area contributed by atoms with Crippen molar-refractivity contribution in [1.82, 2.24) is 9.80 Å². The van der Waals surface area contributed by atoms with Crippen LogP contribution in [0, 0.1) is 17.9 Å². The Labute approximate surface area is 188 Å². The number of anilines is 2. The van der Waals surface area contributed by atoms with Gasteiger partial charge < -0.3 is 33.9 Å². The third kappa shape index (κ3) is 4.26. The zero-order chi connectivity index (χ0) is 22.5. The summed E-state index contributed by atoms with van der Waals surface area (Å²) in [5.74, 6) is 2.13. The highest BCUT2D eigenvalue weighted by Gasteiger charge is 2.27. The Kier molecular flexibility index (Phi) is 6.05. The van der Waals surface area contributed by atoms with Gasteiger partial charge in [-0.15, -0.1) is 0 Å². The van der Waals surface area contributed by atoms with E-state index < -0.39 is 0 Å². The van der Waals surface area contributed by atoms with E-state index >= 15 is 0 Å². The monoisotopic (exact) mass is 428 g/mol. The Hall–Kier alpha value is -4.30. The number of benzene rings is 2. The highest BCUT2D eigenvalue weighted by molar-refractivity contribution is 5.56. The smallest absolute Gasteiger partial charge is 0.243 e. The van der Waals surface area contributed by atoms with Gasteiger partial charge in [0.05, 0.1) is 34.0 Å². The van der Waals surface area contributed by atoms with Crippen LogP contribution in [0.2, 0.25) is 0 Å². The molecular formula is C24H24N6O2. The summed E-state index contributed by atoms with van der Waals surface area (Å²) in [7, 11) is 3.28. The van der Waals surface area contributed by atoms with Crippen LogP contribution in [0.4, 0.5) is 11.4 Å². The van der Waals surface area contributed by atoms with E-state index in [1.54, 1.807) is 14.2 Å². The molecule has 4 rings (SSSR count). The molecule has 0 atom stereocenters. The Bertz CT molecular complexity index is 1040. The quantitative estimate of drug-likeness (QED) is 0.624. The van der Waals surface area contributed by atoms with E-state index in [0.29, 0.717) is 37.9 Å². The average Bonchev–Trinajstić information content (AvgIpc) is 3.46. The van der Waals surface area contributed by atoms with Crippen molar-refractivity contribution in [2.75, 3.05) is 50.4 Å². The summed E-state index contributed by atoms with van der Waals surface area (Å²) < 4.78 is 10.6. The molecule has 2 aromatic rings. The first-order valence-corrected chi connectivity index (χ1v) is 10.2. The molecule has 8 heteroatoms. The fourth-order valence-corrected chi connectivity index (χ4v) is 3.76. The largest absolute Gasteiger partial charge is 0.497 e. The summed E-state index contributed by atoms with van der Waals surface area (Å²) in [5.41, 5.74) is 2.53. The molecule has 2 heterocycles. The lowest BCUT2D eigenvalue weighted by molar-refractivity contribution is 0.304. The van der Waals surface area contributed by atoms with Crippen molar-refractivity contribution in [3.63, 3.8) is 0 Å². The molecule has 0 amide bonds. The van der Waals surface area contributed by atoms with Gasteiger partial charge in [0.15, 0.2) is 0 Å². The highest BCUT2D eigenvalue weighted by Crippen LogP contribution is 2.29. The van der Waals surface area contributed by atoms with Crippen LogP contribution in [0.5, 0.6) is 11.5 Å². The van der Waals surface area contributed by atoms with E-state index in [-0.39, 0.29) is 0 Å². The van der Waals surface area contributed by atoms with Crippen molar-refractivity contribution < 1.29 is 9.47 Å². The first-order chi connectivity index (χ1) is 15.6. The van der Waals surface area contributed by atoms with Gasteiger partial charge in [0.2, 0.25) is 5.82 Å². The molecule has 2 aliphatic heterocycles. The standard InChI is InChI=1S/C24H24N6O2/c1-26-24-16-30(20-7-5-9-23(13-20)32-3)18-28(24)11-10-27-17-29(15-21(27)14-25)19-6-4-8-22(12-19)31-2/h4-9,12-13,15-16H,10-11,17-18H2,2-3H3. The fourth-order valence-electron chi connectivity index (χ4n) is 3.76. The zero-order valence-corrected chi connectivity index (χ0v) is 18.1. The number of nitrogens with zero attached hydrogens (tertiary/aromatic N) is 6. The van der Waals surface area contributed by atoms with Crippen LogP contribution in [0.3, 0.4) is 0 Å². The van der Waals surface area contributed by atoms with E-state index in [1.165, 1.54) is 0 Å². The molecule has 0 spiro atoms. The van der Waals surface area contributed by atoms with Crippen molar-refractivity contribution >= 4 is 11.4 Å². The van der Waals surface area contributed by atoms with Crippen LogP contribution >= 0.6 is 0 Å². The summed E-state index contributed by atoms with van der Waals surface area (Å²) in [6.45, 7) is 9.97. The van der Waals surface area contributed by atoms with E-state index in [0.717, 1.165) is 22.9 Å². The van der Waals surface area contributed by atoms with Crippen LogP contribution in [-0.4, -0.2) is 50.4 Å². The molecule has 32 heavy (non-hydrogen) atoms. The summed E-state index contributed by atoms with van der Waals surface area (Å²) in [4.78, 5) is 11.8. The summed E-state index contributed by atoms with van der Waals surface area (Å²) in [6.07, 6.45) is 3.71. The normalized spacial score (nSPS) is 15.2. The van der Waals surface area contributed by atoms with Crippen LogP contribution in [0.25, 0.3) is 4.85 Å². The van der Waals surface area contributed by atoms with Gasteiger partial charge in [-0.1, -0.05) is 18.7 Å². The second kappa shape index (κ2) is 9.23. The lowest BCUT2D eigenvalue weighted by Crippen LogP contribution is -2.36. The Morgan fingerprint density at radius 3 is 2.03 bits per heavy atom. The SMILES string of the molecule is [C-]#[N+]C1=CN(c2cccc(OC)c2)CN1CCN1CN(c2cccc(OC)c2)C=C1C#N. The fraction of sp³-hybridized carbons (Fsp3) is 0.250. The lowest BCUT2D eigenvalue weighted by Gasteiger charge is -2.25. The molecule has 0 N–H and O–H groups in total. The molecule has 0 radical (unpaired) electrons. The molecule has 8 nitrogen and oxygen atoms in total. The first-order valence-electron chi connectivity index (χ1n) is 10.2. The predicted octanol–water partition coefficient (Wildman–Crippen LogP) is 3.65.